The number of nitrogens with zero attached hydrogens (tertiary/aromatic N) is 2. The zero-order valence-electron chi connectivity index (χ0n) is 13.8. The van der Waals surface area contributed by atoms with E-state index in [9.17, 15) is 0 Å². The summed E-state index contributed by atoms with van der Waals surface area (Å²) in [6, 6.07) is 26.9. The van der Waals surface area contributed by atoms with E-state index < -0.39 is 0 Å². The zero-order valence-corrected chi connectivity index (χ0v) is 14.6. The first-order valence-corrected chi connectivity index (χ1v) is 9.06. The molecule has 0 unspecified atom stereocenters. The summed E-state index contributed by atoms with van der Waals surface area (Å²) in [6.07, 6.45) is 3.77. The molecule has 1 N–H and O–H groups in total. The Kier molecular flexibility index (Phi) is 5.50. The van der Waals surface area contributed by atoms with Crippen LogP contribution >= 0.6 is 11.8 Å². The first-order chi connectivity index (χ1) is 12.3. The highest BCUT2D eigenvalue weighted by Gasteiger charge is 2.01. The van der Waals surface area contributed by atoms with Crippen molar-refractivity contribution in [1.29, 1.82) is 5.26 Å². The van der Waals surface area contributed by atoms with Crippen molar-refractivity contribution in [2.24, 2.45) is 4.99 Å². The normalized spacial score (nSPS) is 11.0. The summed E-state index contributed by atoms with van der Waals surface area (Å²) in [5.74, 6) is 0. The second-order valence-corrected chi connectivity index (χ2v) is 6.14. The Morgan fingerprint density at radius 2 is 1.28 bits per heavy atom. The van der Waals surface area contributed by atoms with Crippen molar-refractivity contribution >= 4 is 22.6 Å². The maximum atomic E-state index is 8.69. The van der Waals surface area contributed by atoms with Gasteiger partial charge in [0, 0.05) is 0 Å². The number of benzene rings is 3. The van der Waals surface area contributed by atoms with E-state index in [1.165, 1.54) is 22.9 Å². The van der Waals surface area contributed by atoms with E-state index in [0.29, 0.717) is 5.17 Å². The molecular weight excluding hydrogens is 326 g/mol. The first-order valence-electron chi connectivity index (χ1n) is 7.84. The van der Waals surface area contributed by atoms with E-state index in [0.717, 1.165) is 16.8 Å². The van der Waals surface area contributed by atoms with Gasteiger partial charge in [-0.3, -0.25) is 5.32 Å². The summed E-state index contributed by atoms with van der Waals surface area (Å²) in [7, 11) is 0. The minimum atomic E-state index is 0.586. The lowest BCUT2D eigenvalue weighted by atomic mass is 10.0. The molecule has 3 aromatic rings. The maximum absolute atomic E-state index is 8.69. The van der Waals surface area contributed by atoms with Gasteiger partial charge in [0.15, 0.2) is 11.4 Å². The van der Waals surface area contributed by atoms with Gasteiger partial charge in [-0.05, 0) is 40.6 Å². The van der Waals surface area contributed by atoms with Crippen molar-refractivity contribution in [3.05, 3.63) is 78.9 Å². The lowest BCUT2D eigenvalue weighted by molar-refractivity contribution is 1.28. The van der Waals surface area contributed by atoms with E-state index in [4.69, 9.17) is 5.26 Å². The minimum absolute atomic E-state index is 0.586. The molecule has 25 heavy (non-hydrogen) atoms. The predicted molar refractivity (Wildman–Crippen MR) is 107 cm³/mol. The molecule has 3 aromatic carbocycles. The highest BCUT2D eigenvalue weighted by molar-refractivity contribution is 8.13. The number of aliphatic imine (C=N–C) groups is 1. The standard InChI is InChI=1S/C21H17N3S/c1-25-21(23-15-22)24-20-13-11-19(12-14-20)18-9-7-17(8-10-18)16-5-3-2-4-6-16/h2-14H,1H3,(H,23,24). The van der Waals surface area contributed by atoms with Crippen molar-refractivity contribution in [3.8, 4) is 28.4 Å². The van der Waals surface area contributed by atoms with Crippen LogP contribution in [0.15, 0.2) is 83.9 Å². The van der Waals surface area contributed by atoms with Gasteiger partial charge < -0.3 is 0 Å². The van der Waals surface area contributed by atoms with Gasteiger partial charge in [-0.15, -0.1) is 0 Å². The van der Waals surface area contributed by atoms with E-state index in [1.54, 1.807) is 0 Å². The van der Waals surface area contributed by atoms with Crippen LogP contribution in [0.4, 0.5) is 5.69 Å². The van der Waals surface area contributed by atoms with E-state index >= 15 is 0 Å². The summed E-state index contributed by atoms with van der Waals surface area (Å²) < 4.78 is 0. The Morgan fingerprint density at radius 1 is 0.800 bits per heavy atom. The van der Waals surface area contributed by atoms with Crippen LogP contribution in [0.3, 0.4) is 0 Å². The molecule has 122 valence electrons. The van der Waals surface area contributed by atoms with Crippen LogP contribution in [0.2, 0.25) is 0 Å². The predicted octanol–water partition coefficient (Wildman–Crippen LogP) is 5.44. The Labute approximate surface area is 152 Å². The number of hydrogen-bond acceptors (Lipinski definition) is 3. The van der Waals surface area contributed by atoms with Crippen LogP contribution in [-0.4, -0.2) is 11.4 Å². The van der Waals surface area contributed by atoms with Gasteiger partial charge in [-0.25, -0.2) is 4.99 Å². The van der Waals surface area contributed by atoms with Crippen molar-refractivity contribution < 1.29 is 0 Å². The maximum Gasteiger partial charge on any atom is 0.183 e. The molecule has 3 nitrogen and oxygen atoms in total. The quantitative estimate of drug-likeness (QED) is 0.298. The number of nitriles is 1. The number of nitrogens with one attached hydrogen (secondary N) is 1. The molecule has 0 aromatic heterocycles. The Balaban J connectivity index is 1.80. The van der Waals surface area contributed by atoms with Gasteiger partial charge in [0.2, 0.25) is 0 Å². The SMILES string of the molecule is CSC(=Nc1ccc(-c2ccc(-c3ccccc3)cc2)cc1)NC#N. The van der Waals surface area contributed by atoms with Gasteiger partial charge in [0.1, 0.15) is 0 Å². The molecule has 0 saturated carbocycles. The van der Waals surface area contributed by atoms with Gasteiger partial charge >= 0.3 is 0 Å². The van der Waals surface area contributed by atoms with Gasteiger partial charge in [0.05, 0.1) is 5.69 Å². The van der Waals surface area contributed by atoms with Gasteiger partial charge in [0.25, 0.3) is 0 Å². The van der Waals surface area contributed by atoms with Crippen LogP contribution in [0.25, 0.3) is 22.3 Å². The fourth-order valence-corrected chi connectivity index (χ4v) is 2.85. The molecule has 4 heteroatoms. The van der Waals surface area contributed by atoms with Crippen LogP contribution < -0.4 is 5.32 Å². The molecular formula is C21H17N3S. The molecule has 0 aliphatic rings. The van der Waals surface area contributed by atoms with Crippen LogP contribution in [-0.2, 0) is 0 Å². The average Bonchev–Trinajstić information content (AvgIpc) is 2.69. The number of rotatable bonds is 3. The largest absolute Gasteiger partial charge is 0.271 e. The summed E-state index contributed by atoms with van der Waals surface area (Å²) in [4.78, 5) is 4.40. The van der Waals surface area contributed by atoms with Gasteiger partial charge in [-0.1, -0.05) is 78.5 Å². The Hall–Kier alpha value is -3.03. The lowest BCUT2D eigenvalue weighted by Gasteiger charge is -2.06. The molecule has 0 heterocycles. The van der Waals surface area contributed by atoms with Crippen molar-refractivity contribution in [1.82, 2.24) is 5.32 Å². The van der Waals surface area contributed by atoms with Crippen molar-refractivity contribution in [2.75, 3.05) is 6.26 Å². The van der Waals surface area contributed by atoms with Crippen molar-refractivity contribution in [3.63, 3.8) is 0 Å². The van der Waals surface area contributed by atoms with Crippen molar-refractivity contribution in [2.45, 2.75) is 0 Å². The summed E-state index contributed by atoms with van der Waals surface area (Å²) >= 11 is 1.41. The second kappa shape index (κ2) is 8.18. The third kappa shape index (κ3) is 4.28. The topological polar surface area (TPSA) is 48.2 Å². The Morgan fingerprint density at radius 3 is 1.76 bits per heavy atom. The van der Waals surface area contributed by atoms with E-state index in [-0.39, 0.29) is 0 Å². The molecule has 0 saturated heterocycles. The summed E-state index contributed by atoms with van der Waals surface area (Å²) in [5.41, 5.74) is 5.54. The fraction of sp³-hybridized carbons (Fsp3) is 0.0476. The molecule has 0 bridgehead atoms. The highest BCUT2D eigenvalue weighted by atomic mass is 32.2. The average molecular weight is 343 g/mol. The second-order valence-electron chi connectivity index (χ2n) is 5.35. The van der Waals surface area contributed by atoms with E-state index in [2.05, 4.69) is 46.7 Å². The molecule has 3 rings (SSSR count). The summed E-state index contributed by atoms with van der Waals surface area (Å²) in [5, 5.41) is 11.8. The lowest BCUT2D eigenvalue weighted by Crippen LogP contribution is -2.12. The zero-order chi connectivity index (χ0) is 17.5. The fourth-order valence-electron chi connectivity index (χ4n) is 2.50. The number of amidine groups is 1. The van der Waals surface area contributed by atoms with Gasteiger partial charge in [-0.2, -0.15) is 5.26 Å². The molecule has 0 aliphatic heterocycles. The number of thioether (sulfide) groups is 1. The third-order valence-corrected chi connectivity index (χ3v) is 4.36. The monoisotopic (exact) mass is 343 g/mol. The minimum Gasteiger partial charge on any atom is -0.271 e. The van der Waals surface area contributed by atoms with Crippen LogP contribution in [0, 0.1) is 11.5 Å². The van der Waals surface area contributed by atoms with Crippen LogP contribution in [0.5, 0.6) is 0 Å². The molecule has 0 spiro atoms. The first kappa shape index (κ1) is 16.8. The summed E-state index contributed by atoms with van der Waals surface area (Å²) in [6.45, 7) is 0. The molecule has 0 atom stereocenters. The molecule has 0 aliphatic carbocycles. The van der Waals surface area contributed by atoms with E-state index in [1.807, 2.05) is 54.9 Å². The highest BCUT2D eigenvalue weighted by Crippen LogP contribution is 2.26. The third-order valence-electron chi connectivity index (χ3n) is 3.78. The molecule has 0 fully saturated rings. The molecule has 0 radical (unpaired) electrons. The smallest absolute Gasteiger partial charge is 0.183 e. The molecule has 0 amide bonds. The number of hydrogen-bond donors (Lipinski definition) is 1. The van der Waals surface area contributed by atoms with Crippen LogP contribution in [0.1, 0.15) is 0 Å². The Bertz CT molecular complexity index is 893.